The average molecular weight is 197 g/mol. The fraction of sp³-hybridized carbons (Fsp3) is 1.00. The monoisotopic (exact) mass is 197 g/mol. The largest absolute Gasteiger partial charge is 0.316 e. The maximum Gasteiger partial charge on any atom is 0.000829 e. The zero-order chi connectivity index (χ0) is 10.4. The van der Waals surface area contributed by atoms with Gasteiger partial charge >= 0.3 is 0 Å². The van der Waals surface area contributed by atoms with Crippen LogP contribution < -0.4 is 5.32 Å². The van der Waals surface area contributed by atoms with E-state index in [0.717, 1.165) is 11.3 Å². The molecule has 1 aliphatic carbocycles. The van der Waals surface area contributed by atoms with Crippen LogP contribution in [0.1, 0.15) is 59.3 Å². The SMILES string of the molecule is CC1CCC2(CCNC2)CC1.CCC. The lowest BCUT2D eigenvalue weighted by Crippen LogP contribution is -2.28. The Labute approximate surface area is 89.7 Å². The molecule has 2 fully saturated rings. The maximum atomic E-state index is 3.50. The summed E-state index contributed by atoms with van der Waals surface area (Å²) in [6, 6.07) is 0. The van der Waals surface area contributed by atoms with Gasteiger partial charge < -0.3 is 5.32 Å². The van der Waals surface area contributed by atoms with Gasteiger partial charge in [0.15, 0.2) is 0 Å². The first-order valence-electron chi connectivity index (χ1n) is 6.43. The van der Waals surface area contributed by atoms with Crippen molar-refractivity contribution in [1.82, 2.24) is 5.32 Å². The van der Waals surface area contributed by atoms with E-state index >= 15 is 0 Å². The second-order valence-corrected chi connectivity index (χ2v) is 5.32. The third-order valence-corrected chi connectivity index (χ3v) is 3.67. The van der Waals surface area contributed by atoms with Gasteiger partial charge in [0.25, 0.3) is 0 Å². The highest BCUT2D eigenvalue weighted by Crippen LogP contribution is 2.42. The van der Waals surface area contributed by atoms with E-state index < -0.39 is 0 Å². The van der Waals surface area contributed by atoms with Crippen molar-refractivity contribution in [3.8, 4) is 0 Å². The molecule has 0 amide bonds. The van der Waals surface area contributed by atoms with Crippen LogP contribution in [0.4, 0.5) is 0 Å². The Morgan fingerprint density at radius 3 is 2.14 bits per heavy atom. The highest BCUT2D eigenvalue weighted by molar-refractivity contribution is 4.90. The molecular weight excluding hydrogens is 170 g/mol. The third-order valence-electron chi connectivity index (χ3n) is 3.67. The summed E-state index contributed by atoms with van der Waals surface area (Å²) < 4.78 is 0. The molecule has 14 heavy (non-hydrogen) atoms. The summed E-state index contributed by atoms with van der Waals surface area (Å²) in [4.78, 5) is 0. The molecular formula is C13H27N. The molecule has 1 N–H and O–H groups in total. The molecule has 1 aliphatic heterocycles. The Balaban J connectivity index is 0.000000293. The average Bonchev–Trinajstić information content (AvgIpc) is 2.61. The standard InChI is InChI=1S/C10H19N.C3H8/c1-9-2-4-10(5-3-9)6-7-11-8-10;1-3-2/h9,11H,2-8H2,1H3;3H2,1-2H3. The molecule has 1 nitrogen and oxygen atoms in total. The van der Waals surface area contributed by atoms with Crippen LogP contribution >= 0.6 is 0 Å². The Bertz CT molecular complexity index is 137. The number of nitrogens with one attached hydrogen (secondary N) is 1. The molecule has 1 heterocycles. The first-order valence-corrected chi connectivity index (χ1v) is 6.43. The van der Waals surface area contributed by atoms with E-state index in [9.17, 15) is 0 Å². The van der Waals surface area contributed by atoms with Crippen LogP contribution in [0, 0.1) is 11.3 Å². The van der Waals surface area contributed by atoms with Crippen LogP contribution in [0.15, 0.2) is 0 Å². The summed E-state index contributed by atoms with van der Waals surface area (Å²) in [5, 5.41) is 3.50. The quantitative estimate of drug-likeness (QED) is 0.626. The molecule has 1 saturated heterocycles. The Kier molecular flexibility index (Phi) is 4.94. The van der Waals surface area contributed by atoms with Gasteiger partial charge in [-0.25, -0.2) is 0 Å². The van der Waals surface area contributed by atoms with Crippen LogP contribution in [0.3, 0.4) is 0 Å². The van der Waals surface area contributed by atoms with E-state index in [-0.39, 0.29) is 0 Å². The summed E-state index contributed by atoms with van der Waals surface area (Å²) >= 11 is 0. The highest BCUT2D eigenvalue weighted by Gasteiger charge is 2.36. The zero-order valence-electron chi connectivity index (χ0n) is 10.2. The minimum absolute atomic E-state index is 0.743. The van der Waals surface area contributed by atoms with Crippen molar-refractivity contribution in [2.75, 3.05) is 13.1 Å². The third kappa shape index (κ3) is 3.27. The fourth-order valence-corrected chi connectivity index (χ4v) is 2.60. The van der Waals surface area contributed by atoms with Crippen molar-refractivity contribution < 1.29 is 0 Å². The van der Waals surface area contributed by atoms with Gasteiger partial charge in [-0.2, -0.15) is 0 Å². The summed E-state index contributed by atoms with van der Waals surface area (Å²) in [6.45, 7) is 9.23. The predicted octanol–water partition coefficient (Wildman–Crippen LogP) is 3.59. The van der Waals surface area contributed by atoms with E-state index in [4.69, 9.17) is 0 Å². The van der Waals surface area contributed by atoms with Gasteiger partial charge in [-0.3, -0.25) is 0 Å². The van der Waals surface area contributed by atoms with E-state index in [1.165, 1.54) is 51.6 Å². The molecule has 1 saturated carbocycles. The molecule has 0 atom stereocenters. The summed E-state index contributed by atoms with van der Waals surface area (Å²) in [7, 11) is 0. The molecule has 84 valence electrons. The first kappa shape index (κ1) is 12.0. The van der Waals surface area contributed by atoms with Crippen molar-refractivity contribution in [2.45, 2.75) is 59.3 Å². The fourth-order valence-electron chi connectivity index (χ4n) is 2.60. The molecule has 0 aromatic rings. The number of rotatable bonds is 0. The molecule has 0 aromatic heterocycles. The van der Waals surface area contributed by atoms with Crippen LogP contribution in [0.2, 0.25) is 0 Å². The van der Waals surface area contributed by atoms with Gasteiger partial charge in [-0.1, -0.05) is 40.0 Å². The Morgan fingerprint density at radius 1 is 1.14 bits per heavy atom. The highest BCUT2D eigenvalue weighted by atomic mass is 14.9. The predicted molar refractivity (Wildman–Crippen MR) is 63.5 cm³/mol. The van der Waals surface area contributed by atoms with Crippen molar-refractivity contribution in [3.05, 3.63) is 0 Å². The topological polar surface area (TPSA) is 12.0 Å². The van der Waals surface area contributed by atoms with Gasteiger partial charge in [0, 0.05) is 6.54 Å². The number of hydrogen-bond acceptors (Lipinski definition) is 1. The second-order valence-electron chi connectivity index (χ2n) is 5.32. The van der Waals surface area contributed by atoms with Crippen molar-refractivity contribution in [2.24, 2.45) is 11.3 Å². The van der Waals surface area contributed by atoms with Crippen molar-refractivity contribution in [1.29, 1.82) is 0 Å². The van der Waals surface area contributed by atoms with Crippen molar-refractivity contribution in [3.63, 3.8) is 0 Å². The lowest BCUT2D eigenvalue weighted by atomic mass is 9.70. The lowest BCUT2D eigenvalue weighted by molar-refractivity contribution is 0.178. The minimum Gasteiger partial charge on any atom is -0.316 e. The van der Waals surface area contributed by atoms with Gasteiger partial charge in [-0.15, -0.1) is 0 Å². The van der Waals surface area contributed by atoms with Crippen LogP contribution in [-0.2, 0) is 0 Å². The van der Waals surface area contributed by atoms with E-state index in [1.54, 1.807) is 0 Å². The van der Waals surface area contributed by atoms with Crippen LogP contribution in [0.25, 0.3) is 0 Å². The molecule has 2 rings (SSSR count). The molecule has 2 aliphatic rings. The molecule has 0 radical (unpaired) electrons. The molecule has 0 unspecified atom stereocenters. The lowest BCUT2D eigenvalue weighted by Gasteiger charge is -2.35. The number of hydrogen-bond donors (Lipinski definition) is 1. The van der Waals surface area contributed by atoms with Crippen LogP contribution in [0.5, 0.6) is 0 Å². The van der Waals surface area contributed by atoms with E-state index in [2.05, 4.69) is 26.1 Å². The summed E-state index contributed by atoms with van der Waals surface area (Å²) in [6.07, 6.45) is 8.62. The molecule has 1 spiro atoms. The minimum atomic E-state index is 0.743. The van der Waals surface area contributed by atoms with E-state index in [1.807, 2.05) is 0 Å². The first-order chi connectivity index (χ1) is 6.72. The van der Waals surface area contributed by atoms with Gasteiger partial charge in [0.05, 0.1) is 0 Å². The van der Waals surface area contributed by atoms with E-state index in [0.29, 0.717) is 0 Å². The zero-order valence-corrected chi connectivity index (χ0v) is 10.2. The van der Waals surface area contributed by atoms with Crippen LogP contribution in [-0.4, -0.2) is 13.1 Å². The molecule has 1 heteroatoms. The van der Waals surface area contributed by atoms with Gasteiger partial charge in [0.1, 0.15) is 0 Å². The summed E-state index contributed by atoms with van der Waals surface area (Å²) in [5.41, 5.74) is 0.743. The summed E-state index contributed by atoms with van der Waals surface area (Å²) in [5.74, 6) is 1.00. The smallest absolute Gasteiger partial charge is 0.000829 e. The second kappa shape index (κ2) is 5.75. The Morgan fingerprint density at radius 2 is 1.71 bits per heavy atom. The maximum absolute atomic E-state index is 3.50. The Hall–Kier alpha value is -0.0400. The molecule has 0 bridgehead atoms. The van der Waals surface area contributed by atoms with Gasteiger partial charge in [0.2, 0.25) is 0 Å². The van der Waals surface area contributed by atoms with Gasteiger partial charge in [-0.05, 0) is 37.1 Å². The van der Waals surface area contributed by atoms with Crippen molar-refractivity contribution >= 4 is 0 Å². The molecule has 0 aromatic carbocycles. The normalized spacial score (nSPS) is 36.6.